The largest absolute Gasteiger partial charge is 0.466 e. The number of carbonyl (C=O) groups is 1. The zero-order valence-corrected chi connectivity index (χ0v) is 12.2. The first kappa shape index (κ1) is 13.9. The van der Waals surface area contributed by atoms with Crippen molar-refractivity contribution in [2.24, 2.45) is 0 Å². The number of amides is 1. The number of furan rings is 2. The minimum absolute atomic E-state index is 0.0942. The molecule has 1 atom stereocenters. The summed E-state index contributed by atoms with van der Waals surface area (Å²) in [4.78, 5) is 11.7. The van der Waals surface area contributed by atoms with Crippen LogP contribution < -0.4 is 5.32 Å². The van der Waals surface area contributed by atoms with E-state index in [1.807, 2.05) is 6.92 Å². The number of aryl methyl sites for hydroxylation is 2. The van der Waals surface area contributed by atoms with E-state index in [1.54, 1.807) is 25.1 Å². The third kappa shape index (κ3) is 3.27. The second-order valence-electron chi connectivity index (χ2n) is 4.20. The molecule has 0 aromatic carbocycles. The minimum atomic E-state index is -0.806. The molecule has 0 bridgehead atoms. The molecular formula is C13H14BrNO4. The Bertz CT molecular complexity index is 587. The lowest BCUT2D eigenvalue weighted by atomic mass is 10.1. The van der Waals surface area contributed by atoms with Crippen LogP contribution in [0.25, 0.3) is 0 Å². The average molecular weight is 328 g/mol. The van der Waals surface area contributed by atoms with Crippen LogP contribution in [0.3, 0.4) is 0 Å². The fraction of sp³-hybridized carbons (Fsp3) is 0.308. The lowest BCUT2D eigenvalue weighted by Crippen LogP contribution is -2.28. The maximum absolute atomic E-state index is 11.7. The summed E-state index contributed by atoms with van der Waals surface area (Å²) in [5.74, 6) is 1.20. The minimum Gasteiger partial charge on any atom is -0.466 e. The molecule has 2 N–H and O–H groups in total. The first-order chi connectivity index (χ1) is 8.97. The van der Waals surface area contributed by atoms with Gasteiger partial charge in [0.2, 0.25) is 0 Å². The van der Waals surface area contributed by atoms with Crippen molar-refractivity contribution >= 4 is 21.8 Å². The molecular weight excluding hydrogens is 314 g/mol. The Hall–Kier alpha value is -1.53. The van der Waals surface area contributed by atoms with Gasteiger partial charge in [0.05, 0.1) is 6.10 Å². The molecule has 0 aliphatic rings. The Labute approximate surface area is 118 Å². The van der Waals surface area contributed by atoms with Gasteiger partial charge in [-0.2, -0.15) is 0 Å². The molecule has 0 saturated carbocycles. The number of hydrogen-bond donors (Lipinski definition) is 2. The maximum Gasteiger partial charge on any atom is 0.287 e. The third-order valence-corrected chi connectivity index (χ3v) is 3.12. The fourth-order valence-corrected chi connectivity index (χ4v) is 2.11. The van der Waals surface area contributed by atoms with Crippen LogP contribution in [0.4, 0.5) is 0 Å². The van der Waals surface area contributed by atoms with Crippen molar-refractivity contribution in [3.05, 3.63) is 45.7 Å². The van der Waals surface area contributed by atoms with Crippen LogP contribution in [0.1, 0.15) is 33.7 Å². The van der Waals surface area contributed by atoms with Crippen molar-refractivity contribution in [1.82, 2.24) is 5.32 Å². The van der Waals surface area contributed by atoms with Crippen molar-refractivity contribution in [2.75, 3.05) is 6.54 Å². The smallest absolute Gasteiger partial charge is 0.287 e. The molecule has 0 spiro atoms. The first-order valence-corrected chi connectivity index (χ1v) is 6.55. The van der Waals surface area contributed by atoms with E-state index in [9.17, 15) is 9.90 Å². The van der Waals surface area contributed by atoms with Gasteiger partial charge < -0.3 is 19.3 Å². The van der Waals surface area contributed by atoms with Gasteiger partial charge in [-0.1, -0.05) is 0 Å². The van der Waals surface area contributed by atoms with E-state index < -0.39 is 6.10 Å². The molecule has 0 fully saturated rings. The standard InChI is InChI=1S/C13H14BrNO4/c1-7-5-9(8(2)18-7)10(16)6-15-13(17)11-3-4-12(14)19-11/h3-5,10,16H,6H2,1-2H3,(H,15,17). The highest BCUT2D eigenvalue weighted by atomic mass is 79.9. The van der Waals surface area contributed by atoms with Gasteiger partial charge in [-0.05, 0) is 48.0 Å². The number of nitrogens with one attached hydrogen (secondary N) is 1. The highest BCUT2D eigenvalue weighted by molar-refractivity contribution is 9.10. The van der Waals surface area contributed by atoms with Crippen LogP contribution in [0, 0.1) is 13.8 Å². The van der Waals surface area contributed by atoms with E-state index in [0.717, 1.165) is 5.76 Å². The van der Waals surface area contributed by atoms with E-state index in [0.29, 0.717) is 16.0 Å². The second kappa shape index (κ2) is 5.63. The molecule has 1 amide bonds. The molecule has 2 aromatic heterocycles. The molecule has 0 aliphatic carbocycles. The Morgan fingerprint density at radius 1 is 1.42 bits per heavy atom. The monoisotopic (exact) mass is 327 g/mol. The summed E-state index contributed by atoms with van der Waals surface area (Å²) < 4.78 is 10.9. The van der Waals surface area contributed by atoms with Crippen LogP contribution in [0.2, 0.25) is 0 Å². The number of halogens is 1. The summed E-state index contributed by atoms with van der Waals surface area (Å²) in [6, 6.07) is 4.95. The van der Waals surface area contributed by atoms with E-state index in [4.69, 9.17) is 8.83 Å². The molecule has 19 heavy (non-hydrogen) atoms. The van der Waals surface area contributed by atoms with Crippen molar-refractivity contribution in [3.63, 3.8) is 0 Å². The van der Waals surface area contributed by atoms with Gasteiger partial charge in [-0.15, -0.1) is 0 Å². The molecule has 2 heterocycles. The highest BCUT2D eigenvalue weighted by Gasteiger charge is 2.17. The molecule has 0 aliphatic heterocycles. The first-order valence-electron chi connectivity index (χ1n) is 5.76. The average Bonchev–Trinajstić information content (AvgIpc) is 2.92. The number of hydrogen-bond acceptors (Lipinski definition) is 4. The summed E-state index contributed by atoms with van der Waals surface area (Å²) in [5, 5.41) is 12.6. The van der Waals surface area contributed by atoms with Gasteiger partial charge in [0, 0.05) is 12.1 Å². The van der Waals surface area contributed by atoms with Gasteiger partial charge in [-0.3, -0.25) is 4.79 Å². The molecule has 0 radical (unpaired) electrons. The molecule has 0 saturated heterocycles. The lowest BCUT2D eigenvalue weighted by Gasteiger charge is -2.10. The van der Waals surface area contributed by atoms with Crippen LogP contribution in [0.15, 0.2) is 31.7 Å². The SMILES string of the molecule is Cc1cc(C(O)CNC(=O)c2ccc(Br)o2)c(C)o1. The summed E-state index contributed by atoms with van der Waals surface area (Å²) >= 11 is 3.12. The quantitative estimate of drug-likeness (QED) is 0.905. The molecule has 2 aromatic rings. The van der Waals surface area contributed by atoms with E-state index in [-0.39, 0.29) is 18.2 Å². The number of carbonyl (C=O) groups excluding carboxylic acids is 1. The summed E-state index contributed by atoms with van der Waals surface area (Å²) in [6.07, 6.45) is -0.806. The highest BCUT2D eigenvalue weighted by Crippen LogP contribution is 2.21. The van der Waals surface area contributed by atoms with Gasteiger partial charge in [0.25, 0.3) is 5.91 Å². The molecule has 5 nitrogen and oxygen atoms in total. The fourth-order valence-electron chi connectivity index (χ4n) is 1.80. The predicted molar refractivity (Wildman–Crippen MR) is 71.9 cm³/mol. The van der Waals surface area contributed by atoms with Gasteiger partial charge in [0.1, 0.15) is 11.5 Å². The third-order valence-electron chi connectivity index (χ3n) is 2.69. The molecule has 1 unspecified atom stereocenters. The predicted octanol–water partition coefficient (Wildman–Crippen LogP) is 2.72. The number of aliphatic hydroxyl groups is 1. The van der Waals surface area contributed by atoms with Crippen LogP contribution in [-0.4, -0.2) is 17.6 Å². The zero-order chi connectivity index (χ0) is 14.0. The summed E-state index contributed by atoms with van der Waals surface area (Å²) in [7, 11) is 0. The Morgan fingerprint density at radius 2 is 2.16 bits per heavy atom. The summed E-state index contributed by atoms with van der Waals surface area (Å²) in [5.41, 5.74) is 0.679. The van der Waals surface area contributed by atoms with E-state index in [2.05, 4.69) is 21.2 Å². The van der Waals surface area contributed by atoms with Crippen molar-refractivity contribution in [1.29, 1.82) is 0 Å². The topological polar surface area (TPSA) is 75.6 Å². The van der Waals surface area contributed by atoms with Crippen LogP contribution >= 0.6 is 15.9 Å². The Morgan fingerprint density at radius 3 is 2.68 bits per heavy atom. The van der Waals surface area contributed by atoms with Crippen molar-refractivity contribution < 1.29 is 18.7 Å². The van der Waals surface area contributed by atoms with Crippen molar-refractivity contribution in [2.45, 2.75) is 20.0 Å². The number of aliphatic hydroxyl groups excluding tert-OH is 1. The van der Waals surface area contributed by atoms with Gasteiger partial charge in [-0.25, -0.2) is 0 Å². The molecule has 2 rings (SSSR count). The van der Waals surface area contributed by atoms with Gasteiger partial charge >= 0.3 is 0 Å². The maximum atomic E-state index is 11.7. The van der Waals surface area contributed by atoms with E-state index >= 15 is 0 Å². The lowest BCUT2D eigenvalue weighted by molar-refractivity contribution is 0.0887. The Balaban J connectivity index is 1.95. The number of rotatable bonds is 4. The Kier molecular flexibility index (Phi) is 4.11. The normalized spacial score (nSPS) is 12.4. The second-order valence-corrected chi connectivity index (χ2v) is 4.98. The van der Waals surface area contributed by atoms with Crippen molar-refractivity contribution in [3.8, 4) is 0 Å². The molecule has 102 valence electrons. The van der Waals surface area contributed by atoms with Crippen LogP contribution in [-0.2, 0) is 0 Å². The van der Waals surface area contributed by atoms with E-state index in [1.165, 1.54) is 0 Å². The van der Waals surface area contributed by atoms with Gasteiger partial charge in [0.15, 0.2) is 10.4 Å². The molecule has 6 heteroatoms. The zero-order valence-electron chi connectivity index (χ0n) is 10.6. The van der Waals surface area contributed by atoms with Crippen LogP contribution in [0.5, 0.6) is 0 Å². The summed E-state index contributed by atoms with van der Waals surface area (Å²) in [6.45, 7) is 3.68.